The zero-order chi connectivity index (χ0) is 14.0. The van der Waals surface area contributed by atoms with Gasteiger partial charge in [-0.05, 0) is 44.0 Å². The lowest BCUT2D eigenvalue weighted by molar-refractivity contribution is 0.0705. The lowest BCUT2D eigenvalue weighted by atomic mass is 10.0. The molecule has 1 N–H and O–H groups in total. The van der Waals surface area contributed by atoms with E-state index in [9.17, 15) is 4.79 Å². The number of nitrogens with one attached hydrogen (secondary N) is 1. The number of piperazine rings is 1. The quantitative estimate of drug-likeness (QED) is 0.883. The van der Waals surface area contributed by atoms with Gasteiger partial charge < -0.3 is 15.0 Å². The average molecular weight is 262 g/mol. The number of amides is 1. The van der Waals surface area contributed by atoms with Crippen molar-refractivity contribution in [2.45, 2.75) is 26.8 Å². The number of carbonyl (C=O) groups excluding carboxylic acids is 1. The minimum absolute atomic E-state index is 0.0632. The van der Waals surface area contributed by atoms with Crippen LogP contribution in [0.4, 0.5) is 0 Å². The normalized spacial score (nSPS) is 19.4. The number of benzene rings is 1. The largest absolute Gasteiger partial charge is 0.496 e. The van der Waals surface area contributed by atoms with Crippen molar-refractivity contribution in [3.63, 3.8) is 0 Å². The Kier molecular flexibility index (Phi) is 4.10. The van der Waals surface area contributed by atoms with Crippen LogP contribution in [0.5, 0.6) is 5.75 Å². The van der Waals surface area contributed by atoms with E-state index in [1.54, 1.807) is 7.11 Å². The van der Waals surface area contributed by atoms with E-state index in [0.717, 1.165) is 30.8 Å². The Morgan fingerprint density at radius 1 is 1.37 bits per heavy atom. The minimum atomic E-state index is 0.0632. The van der Waals surface area contributed by atoms with Crippen LogP contribution < -0.4 is 10.1 Å². The molecule has 0 bridgehead atoms. The fourth-order valence-electron chi connectivity index (χ4n) is 2.41. The molecule has 0 saturated carbocycles. The first-order chi connectivity index (χ1) is 9.02. The third-order valence-electron chi connectivity index (χ3n) is 3.70. The van der Waals surface area contributed by atoms with E-state index >= 15 is 0 Å². The molecule has 2 rings (SSSR count). The topological polar surface area (TPSA) is 41.6 Å². The summed E-state index contributed by atoms with van der Waals surface area (Å²) in [5.41, 5.74) is 2.93. The maximum Gasteiger partial charge on any atom is 0.257 e. The Bertz CT molecular complexity index is 485. The second kappa shape index (κ2) is 5.61. The van der Waals surface area contributed by atoms with Gasteiger partial charge >= 0.3 is 0 Å². The fourth-order valence-corrected chi connectivity index (χ4v) is 2.41. The second-order valence-corrected chi connectivity index (χ2v) is 5.24. The zero-order valence-corrected chi connectivity index (χ0v) is 12.1. The van der Waals surface area contributed by atoms with E-state index in [4.69, 9.17) is 4.74 Å². The first kappa shape index (κ1) is 13.9. The Morgan fingerprint density at radius 2 is 2.05 bits per heavy atom. The summed E-state index contributed by atoms with van der Waals surface area (Å²) in [6.45, 7) is 8.48. The van der Waals surface area contributed by atoms with Crippen LogP contribution in [0.2, 0.25) is 0 Å². The van der Waals surface area contributed by atoms with E-state index in [0.29, 0.717) is 17.4 Å². The number of ether oxygens (including phenoxy) is 1. The number of rotatable bonds is 2. The van der Waals surface area contributed by atoms with Gasteiger partial charge in [-0.15, -0.1) is 0 Å². The van der Waals surface area contributed by atoms with Crippen LogP contribution >= 0.6 is 0 Å². The van der Waals surface area contributed by atoms with E-state index < -0.39 is 0 Å². The number of hydrogen-bond acceptors (Lipinski definition) is 3. The summed E-state index contributed by atoms with van der Waals surface area (Å²) in [5.74, 6) is 0.729. The van der Waals surface area contributed by atoms with Crippen molar-refractivity contribution in [3.8, 4) is 5.75 Å². The highest BCUT2D eigenvalue weighted by Crippen LogP contribution is 2.24. The summed E-state index contributed by atoms with van der Waals surface area (Å²) in [4.78, 5) is 14.5. The van der Waals surface area contributed by atoms with E-state index in [2.05, 4.69) is 12.2 Å². The smallest absolute Gasteiger partial charge is 0.257 e. The van der Waals surface area contributed by atoms with Gasteiger partial charge in [-0.1, -0.05) is 0 Å². The molecule has 1 aromatic rings. The molecule has 1 unspecified atom stereocenters. The van der Waals surface area contributed by atoms with E-state index in [1.165, 1.54) is 0 Å². The molecule has 0 aliphatic carbocycles. The molecule has 1 saturated heterocycles. The summed E-state index contributed by atoms with van der Waals surface area (Å²) >= 11 is 0. The van der Waals surface area contributed by atoms with E-state index in [-0.39, 0.29) is 5.91 Å². The van der Waals surface area contributed by atoms with Gasteiger partial charge in [0.05, 0.1) is 12.7 Å². The Labute approximate surface area is 114 Å². The molecule has 0 aromatic heterocycles. The third-order valence-corrected chi connectivity index (χ3v) is 3.70. The van der Waals surface area contributed by atoms with Crippen molar-refractivity contribution >= 4 is 5.91 Å². The molecule has 19 heavy (non-hydrogen) atoms. The summed E-state index contributed by atoms with van der Waals surface area (Å²) < 4.78 is 5.36. The van der Waals surface area contributed by atoms with Crippen LogP contribution in [0.25, 0.3) is 0 Å². The highest BCUT2D eigenvalue weighted by Gasteiger charge is 2.24. The fraction of sp³-hybridized carbons (Fsp3) is 0.533. The van der Waals surface area contributed by atoms with Gasteiger partial charge in [0.1, 0.15) is 5.75 Å². The maximum atomic E-state index is 12.6. The average Bonchev–Trinajstić information content (AvgIpc) is 2.40. The van der Waals surface area contributed by atoms with Gasteiger partial charge in [-0.25, -0.2) is 0 Å². The number of nitrogens with zero attached hydrogens (tertiary/aromatic N) is 1. The standard InChI is InChI=1S/C15H22N2O2/c1-10-7-13(14(19-4)8-11(10)2)15(18)17-6-5-16-12(3)9-17/h7-8,12,16H,5-6,9H2,1-4H3. The van der Waals surface area contributed by atoms with Crippen molar-refractivity contribution in [1.29, 1.82) is 0 Å². The van der Waals surface area contributed by atoms with Crippen LogP contribution in [0, 0.1) is 13.8 Å². The van der Waals surface area contributed by atoms with Crippen molar-refractivity contribution in [1.82, 2.24) is 10.2 Å². The van der Waals surface area contributed by atoms with Gasteiger partial charge in [0.15, 0.2) is 0 Å². The molecular weight excluding hydrogens is 240 g/mol. The summed E-state index contributed by atoms with van der Waals surface area (Å²) in [7, 11) is 1.61. The number of aryl methyl sites for hydroxylation is 2. The number of hydrogen-bond donors (Lipinski definition) is 1. The van der Waals surface area contributed by atoms with Gasteiger partial charge in [-0.3, -0.25) is 4.79 Å². The summed E-state index contributed by atoms with van der Waals surface area (Å²) in [6.07, 6.45) is 0. The lowest BCUT2D eigenvalue weighted by Gasteiger charge is -2.32. The van der Waals surface area contributed by atoms with Gasteiger partial charge in [0, 0.05) is 25.7 Å². The first-order valence-corrected chi connectivity index (χ1v) is 6.71. The molecule has 4 nitrogen and oxygen atoms in total. The molecule has 0 radical (unpaired) electrons. The molecule has 4 heteroatoms. The molecule has 104 valence electrons. The molecule has 1 aromatic carbocycles. The van der Waals surface area contributed by atoms with Crippen LogP contribution in [-0.2, 0) is 0 Å². The molecular formula is C15H22N2O2. The van der Waals surface area contributed by atoms with Crippen molar-refractivity contribution in [3.05, 3.63) is 28.8 Å². The predicted octanol–water partition coefficient (Wildman–Crippen LogP) is 1.75. The highest BCUT2D eigenvalue weighted by atomic mass is 16.5. The molecule has 1 amide bonds. The molecule has 1 aliphatic rings. The van der Waals surface area contributed by atoms with Crippen molar-refractivity contribution < 1.29 is 9.53 Å². The minimum Gasteiger partial charge on any atom is -0.496 e. The summed E-state index contributed by atoms with van der Waals surface area (Å²) in [5, 5.41) is 3.34. The zero-order valence-electron chi connectivity index (χ0n) is 12.1. The van der Waals surface area contributed by atoms with Crippen LogP contribution in [0.3, 0.4) is 0 Å². The SMILES string of the molecule is COc1cc(C)c(C)cc1C(=O)N1CCNC(C)C1. The highest BCUT2D eigenvalue weighted by molar-refractivity contribution is 5.97. The van der Waals surface area contributed by atoms with Crippen LogP contribution in [0.1, 0.15) is 28.4 Å². The first-order valence-electron chi connectivity index (χ1n) is 6.71. The molecule has 1 fully saturated rings. The van der Waals surface area contributed by atoms with Gasteiger partial charge in [-0.2, -0.15) is 0 Å². The lowest BCUT2D eigenvalue weighted by Crippen LogP contribution is -2.51. The summed E-state index contributed by atoms with van der Waals surface area (Å²) in [6, 6.07) is 4.22. The number of methoxy groups -OCH3 is 1. The third kappa shape index (κ3) is 2.89. The van der Waals surface area contributed by atoms with Crippen molar-refractivity contribution in [2.24, 2.45) is 0 Å². The van der Waals surface area contributed by atoms with Gasteiger partial charge in [0.25, 0.3) is 5.91 Å². The Hall–Kier alpha value is -1.55. The predicted molar refractivity (Wildman–Crippen MR) is 75.8 cm³/mol. The van der Waals surface area contributed by atoms with E-state index in [1.807, 2.05) is 30.9 Å². The van der Waals surface area contributed by atoms with Crippen LogP contribution in [-0.4, -0.2) is 43.6 Å². The van der Waals surface area contributed by atoms with Crippen LogP contribution in [0.15, 0.2) is 12.1 Å². The molecule has 0 spiro atoms. The second-order valence-electron chi connectivity index (χ2n) is 5.24. The monoisotopic (exact) mass is 262 g/mol. The Balaban J connectivity index is 2.30. The maximum absolute atomic E-state index is 12.6. The molecule has 1 heterocycles. The van der Waals surface area contributed by atoms with Crippen molar-refractivity contribution in [2.75, 3.05) is 26.7 Å². The molecule has 1 atom stereocenters. The van der Waals surface area contributed by atoms with Gasteiger partial charge in [0.2, 0.25) is 0 Å². The number of carbonyl (C=O) groups is 1. The Morgan fingerprint density at radius 3 is 2.68 bits per heavy atom. The molecule has 1 aliphatic heterocycles.